The number of hydrogen-bond acceptors (Lipinski definition) is 4. The molecule has 0 fully saturated rings. The van der Waals surface area contributed by atoms with E-state index in [1.807, 2.05) is 30.3 Å². The van der Waals surface area contributed by atoms with Gasteiger partial charge >= 0.3 is 0 Å². The Morgan fingerprint density at radius 1 is 1.00 bits per heavy atom. The molecule has 0 bridgehead atoms. The fraction of sp³-hybridized carbons (Fsp3) is 0.0556. The van der Waals surface area contributed by atoms with Crippen molar-refractivity contribution in [2.75, 3.05) is 17.3 Å². The summed E-state index contributed by atoms with van der Waals surface area (Å²) in [6.07, 6.45) is 2.92. The quantitative estimate of drug-likeness (QED) is 0.797. The fourth-order valence-corrected chi connectivity index (χ4v) is 2.13. The molecule has 0 spiro atoms. The van der Waals surface area contributed by atoms with Gasteiger partial charge in [0.2, 0.25) is 5.95 Å². The Bertz CT molecular complexity index is 820. The average Bonchev–Trinajstić information content (AvgIpc) is 2.64. The van der Waals surface area contributed by atoms with Gasteiger partial charge < -0.3 is 10.2 Å². The van der Waals surface area contributed by atoms with Gasteiger partial charge in [0.05, 0.1) is 5.56 Å². The minimum atomic E-state index is -0.314. The van der Waals surface area contributed by atoms with Gasteiger partial charge in [-0.15, -0.1) is 0 Å². The first-order valence-corrected chi connectivity index (χ1v) is 7.31. The molecule has 0 aliphatic heterocycles. The maximum Gasteiger partial charge on any atom is 0.261 e. The van der Waals surface area contributed by atoms with Gasteiger partial charge in [0.15, 0.2) is 0 Å². The smallest absolute Gasteiger partial charge is 0.261 e. The standard InChI is InChI=1S/C18H15FN4O/c1-23(16-5-3-2-4-6-16)17(24)13-11-20-18(21-12-13)22-15-9-7-14(19)8-10-15/h2-12H,1H3,(H,20,21,22). The summed E-state index contributed by atoms with van der Waals surface area (Å²) in [6, 6.07) is 15.2. The lowest BCUT2D eigenvalue weighted by molar-refractivity contribution is 0.0992. The Labute approximate surface area is 138 Å². The van der Waals surface area contributed by atoms with Crippen LogP contribution in [0.1, 0.15) is 10.4 Å². The number of amides is 1. The van der Waals surface area contributed by atoms with Crippen LogP contribution in [-0.2, 0) is 0 Å². The molecular formula is C18H15FN4O. The molecule has 120 valence electrons. The molecule has 1 amide bonds. The van der Waals surface area contributed by atoms with E-state index in [0.717, 1.165) is 5.69 Å². The molecule has 0 aliphatic rings. The van der Waals surface area contributed by atoms with Crippen molar-refractivity contribution in [1.82, 2.24) is 9.97 Å². The molecule has 6 heteroatoms. The number of halogens is 1. The number of nitrogens with one attached hydrogen (secondary N) is 1. The van der Waals surface area contributed by atoms with Crippen LogP contribution in [0.3, 0.4) is 0 Å². The molecular weight excluding hydrogens is 307 g/mol. The number of carbonyl (C=O) groups excluding carboxylic acids is 1. The number of anilines is 3. The molecule has 24 heavy (non-hydrogen) atoms. The third-order valence-electron chi connectivity index (χ3n) is 3.45. The Balaban J connectivity index is 1.72. The van der Waals surface area contributed by atoms with Crippen LogP contribution < -0.4 is 10.2 Å². The third kappa shape index (κ3) is 3.55. The number of hydrogen-bond donors (Lipinski definition) is 1. The minimum Gasteiger partial charge on any atom is -0.324 e. The molecule has 0 unspecified atom stereocenters. The van der Waals surface area contributed by atoms with Crippen molar-refractivity contribution >= 4 is 23.2 Å². The van der Waals surface area contributed by atoms with E-state index >= 15 is 0 Å². The Hall–Kier alpha value is -3.28. The molecule has 5 nitrogen and oxygen atoms in total. The van der Waals surface area contributed by atoms with Crippen LogP contribution in [0.15, 0.2) is 67.0 Å². The van der Waals surface area contributed by atoms with Crippen molar-refractivity contribution < 1.29 is 9.18 Å². The van der Waals surface area contributed by atoms with Crippen LogP contribution in [0.4, 0.5) is 21.7 Å². The summed E-state index contributed by atoms with van der Waals surface area (Å²) < 4.78 is 12.9. The second kappa shape index (κ2) is 6.87. The van der Waals surface area contributed by atoms with Crippen LogP contribution in [0.2, 0.25) is 0 Å². The van der Waals surface area contributed by atoms with Crippen LogP contribution in [0.5, 0.6) is 0 Å². The second-order valence-corrected chi connectivity index (χ2v) is 5.13. The van der Waals surface area contributed by atoms with Gasteiger partial charge in [-0.2, -0.15) is 0 Å². The van der Waals surface area contributed by atoms with E-state index in [0.29, 0.717) is 17.2 Å². The van der Waals surface area contributed by atoms with E-state index in [9.17, 15) is 9.18 Å². The molecule has 0 radical (unpaired) electrons. The van der Waals surface area contributed by atoms with E-state index in [1.54, 1.807) is 19.2 Å². The van der Waals surface area contributed by atoms with Gasteiger partial charge in [0, 0.05) is 30.8 Å². The highest BCUT2D eigenvalue weighted by Gasteiger charge is 2.14. The molecule has 1 heterocycles. The Morgan fingerprint density at radius 3 is 2.25 bits per heavy atom. The maximum atomic E-state index is 12.9. The monoisotopic (exact) mass is 322 g/mol. The number of carbonyl (C=O) groups is 1. The zero-order chi connectivity index (χ0) is 16.9. The van der Waals surface area contributed by atoms with Crippen molar-refractivity contribution in [1.29, 1.82) is 0 Å². The van der Waals surface area contributed by atoms with Gasteiger partial charge in [-0.1, -0.05) is 18.2 Å². The number of para-hydroxylation sites is 1. The zero-order valence-corrected chi connectivity index (χ0v) is 13.0. The number of benzene rings is 2. The van der Waals surface area contributed by atoms with Crippen LogP contribution in [-0.4, -0.2) is 22.9 Å². The van der Waals surface area contributed by atoms with Crippen LogP contribution >= 0.6 is 0 Å². The maximum absolute atomic E-state index is 12.9. The Kier molecular flexibility index (Phi) is 4.47. The van der Waals surface area contributed by atoms with E-state index in [4.69, 9.17) is 0 Å². The summed E-state index contributed by atoms with van der Waals surface area (Å²) in [6.45, 7) is 0. The van der Waals surface area contributed by atoms with Crippen molar-refractivity contribution in [3.05, 3.63) is 78.4 Å². The third-order valence-corrected chi connectivity index (χ3v) is 3.45. The largest absolute Gasteiger partial charge is 0.324 e. The fourth-order valence-electron chi connectivity index (χ4n) is 2.13. The van der Waals surface area contributed by atoms with Crippen LogP contribution in [0.25, 0.3) is 0 Å². The molecule has 2 aromatic carbocycles. The normalized spacial score (nSPS) is 10.2. The molecule has 3 aromatic rings. The van der Waals surface area contributed by atoms with Gasteiger partial charge in [0.1, 0.15) is 5.82 Å². The summed E-state index contributed by atoms with van der Waals surface area (Å²) in [5.74, 6) is -0.179. The highest BCUT2D eigenvalue weighted by molar-refractivity contribution is 6.05. The first-order chi connectivity index (χ1) is 11.6. The topological polar surface area (TPSA) is 58.1 Å². The molecule has 0 saturated carbocycles. The van der Waals surface area contributed by atoms with Crippen molar-refractivity contribution in [2.24, 2.45) is 0 Å². The van der Waals surface area contributed by atoms with Crippen LogP contribution in [0, 0.1) is 5.82 Å². The first-order valence-electron chi connectivity index (χ1n) is 7.31. The summed E-state index contributed by atoms with van der Waals surface area (Å²) in [5.41, 5.74) is 1.83. The predicted octanol–water partition coefficient (Wildman–Crippen LogP) is 3.64. The zero-order valence-electron chi connectivity index (χ0n) is 13.0. The number of aromatic nitrogens is 2. The number of rotatable bonds is 4. The molecule has 0 saturated heterocycles. The SMILES string of the molecule is CN(C(=O)c1cnc(Nc2ccc(F)cc2)nc1)c1ccccc1. The lowest BCUT2D eigenvalue weighted by Gasteiger charge is -2.17. The summed E-state index contributed by atoms with van der Waals surface area (Å²) in [5, 5.41) is 2.94. The molecule has 3 rings (SSSR count). The van der Waals surface area contributed by atoms with E-state index in [-0.39, 0.29) is 11.7 Å². The van der Waals surface area contributed by atoms with Crippen molar-refractivity contribution in [3.63, 3.8) is 0 Å². The van der Waals surface area contributed by atoms with E-state index in [1.165, 1.54) is 29.4 Å². The Morgan fingerprint density at radius 2 is 1.62 bits per heavy atom. The molecule has 0 aliphatic carbocycles. The minimum absolute atomic E-state index is 0.200. The van der Waals surface area contributed by atoms with Gasteiger partial charge in [-0.25, -0.2) is 14.4 Å². The van der Waals surface area contributed by atoms with Gasteiger partial charge in [-0.05, 0) is 36.4 Å². The van der Waals surface area contributed by atoms with E-state index < -0.39 is 0 Å². The highest BCUT2D eigenvalue weighted by atomic mass is 19.1. The summed E-state index contributed by atoms with van der Waals surface area (Å²) >= 11 is 0. The van der Waals surface area contributed by atoms with Crippen molar-refractivity contribution in [2.45, 2.75) is 0 Å². The molecule has 1 aromatic heterocycles. The lowest BCUT2D eigenvalue weighted by atomic mass is 10.2. The molecule has 1 N–H and O–H groups in total. The first kappa shape index (κ1) is 15.6. The van der Waals surface area contributed by atoms with Crippen molar-refractivity contribution in [3.8, 4) is 0 Å². The highest BCUT2D eigenvalue weighted by Crippen LogP contribution is 2.16. The van der Waals surface area contributed by atoms with E-state index in [2.05, 4.69) is 15.3 Å². The summed E-state index contributed by atoms with van der Waals surface area (Å²) in [4.78, 5) is 22.2. The molecule has 0 atom stereocenters. The van der Waals surface area contributed by atoms with Gasteiger partial charge in [-0.3, -0.25) is 4.79 Å². The summed E-state index contributed by atoms with van der Waals surface area (Å²) in [7, 11) is 1.70. The average molecular weight is 322 g/mol. The second-order valence-electron chi connectivity index (χ2n) is 5.13. The predicted molar refractivity (Wildman–Crippen MR) is 90.9 cm³/mol. The lowest BCUT2D eigenvalue weighted by Crippen LogP contribution is -2.26. The van der Waals surface area contributed by atoms with Gasteiger partial charge in [0.25, 0.3) is 5.91 Å². The number of nitrogens with zero attached hydrogens (tertiary/aromatic N) is 3.